The molecule has 0 amide bonds. The molecular formula is C14H17ClN2O. The minimum atomic E-state index is -0.551. The summed E-state index contributed by atoms with van der Waals surface area (Å²) < 4.78 is 5.69. The van der Waals surface area contributed by atoms with Crippen molar-refractivity contribution in [3.05, 3.63) is 29.3 Å². The van der Waals surface area contributed by atoms with Crippen LogP contribution in [0, 0.1) is 11.3 Å². The summed E-state index contributed by atoms with van der Waals surface area (Å²) >= 11 is 5.86. The van der Waals surface area contributed by atoms with Crippen molar-refractivity contribution in [1.82, 2.24) is 0 Å². The smallest absolute Gasteiger partial charge is 0.130 e. The van der Waals surface area contributed by atoms with Gasteiger partial charge in [0, 0.05) is 23.6 Å². The number of ether oxygens (including phenoxy) is 1. The second kappa shape index (κ2) is 5.17. The molecule has 0 saturated carbocycles. The largest absolute Gasteiger partial charge is 0.375 e. The number of hydrogen-bond donors (Lipinski definition) is 1. The highest BCUT2D eigenvalue weighted by atomic mass is 35.5. The molecule has 1 aliphatic rings. The lowest BCUT2D eigenvalue weighted by molar-refractivity contribution is -0.0451. The van der Waals surface area contributed by atoms with Crippen LogP contribution in [0.4, 0.5) is 5.69 Å². The first-order chi connectivity index (χ1) is 8.53. The van der Waals surface area contributed by atoms with Gasteiger partial charge >= 0.3 is 0 Å². The molecule has 0 bridgehead atoms. The third-order valence-electron chi connectivity index (χ3n) is 3.18. The second-order valence-electron chi connectivity index (χ2n) is 4.99. The highest BCUT2D eigenvalue weighted by Crippen LogP contribution is 2.32. The summed E-state index contributed by atoms with van der Waals surface area (Å²) in [6.07, 6.45) is 1.56. The van der Waals surface area contributed by atoms with Gasteiger partial charge in [-0.3, -0.25) is 0 Å². The normalized spacial score (nSPS) is 31.7. The van der Waals surface area contributed by atoms with Crippen LogP contribution in [0.1, 0.15) is 26.7 Å². The molecule has 1 aromatic rings. The Morgan fingerprint density at radius 3 is 2.33 bits per heavy atom. The van der Waals surface area contributed by atoms with Crippen molar-refractivity contribution in [2.45, 2.75) is 44.4 Å². The number of nitrogens with zero attached hydrogens (tertiary/aromatic N) is 1. The maximum absolute atomic E-state index is 9.50. The van der Waals surface area contributed by atoms with E-state index in [1.807, 2.05) is 38.1 Å². The molecule has 1 aliphatic heterocycles. The van der Waals surface area contributed by atoms with Crippen molar-refractivity contribution < 1.29 is 4.74 Å². The van der Waals surface area contributed by atoms with E-state index in [0.29, 0.717) is 17.9 Å². The lowest BCUT2D eigenvalue weighted by Gasteiger charge is -2.39. The molecule has 18 heavy (non-hydrogen) atoms. The molecule has 1 N–H and O–H groups in total. The van der Waals surface area contributed by atoms with Gasteiger partial charge < -0.3 is 10.1 Å². The first kappa shape index (κ1) is 13.2. The van der Waals surface area contributed by atoms with Gasteiger partial charge in [0.2, 0.25) is 0 Å². The molecule has 2 rings (SSSR count). The SMILES string of the molecule is CC1CC(C#N)(Nc2ccc(Cl)cc2)CC(C)O1. The lowest BCUT2D eigenvalue weighted by atomic mass is 9.85. The first-order valence-electron chi connectivity index (χ1n) is 6.13. The minimum absolute atomic E-state index is 0.0909. The van der Waals surface area contributed by atoms with E-state index in [9.17, 15) is 5.26 Å². The number of anilines is 1. The number of halogens is 1. The van der Waals surface area contributed by atoms with Crippen molar-refractivity contribution in [3.63, 3.8) is 0 Å². The third kappa shape index (κ3) is 2.95. The molecule has 1 saturated heterocycles. The fraction of sp³-hybridized carbons (Fsp3) is 0.500. The molecule has 3 nitrogen and oxygen atoms in total. The van der Waals surface area contributed by atoms with Crippen LogP contribution in [0.15, 0.2) is 24.3 Å². The zero-order valence-corrected chi connectivity index (χ0v) is 11.4. The van der Waals surface area contributed by atoms with Crippen LogP contribution in [-0.4, -0.2) is 17.7 Å². The van der Waals surface area contributed by atoms with Gasteiger partial charge in [-0.25, -0.2) is 0 Å². The maximum atomic E-state index is 9.50. The van der Waals surface area contributed by atoms with Gasteiger partial charge in [-0.05, 0) is 38.1 Å². The van der Waals surface area contributed by atoms with Crippen molar-refractivity contribution in [2.24, 2.45) is 0 Å². The van der Waals surface area contributed by atoms with E-state index >= 15 is 0 Å². The molecule has 1 heterocycles. The van der Waals surface area contributed by atoms with Gasteiger partial charge in [0.25, 0.3) is 0 Å². The van der Waals surface area contributed by atoms with Gasteiger partial charge in [-0.15, -0.1) is 0 Å². The maximum Gasteiger partial charge on any atom is 0.130 e. The Morgan fingerprint density at radius 2 is 1.83 bits per heavy atom. The first-order valence-corrected chi connectivity index (χ1v) is 6.51. The molecule has 2 unspecified atom stereocenters. The predicted molar refractivity (Wildman–Crippen MR) is 72.7 cm³/mol. The number of nitriles is 1. The monoisotopic (exact) mass is 264 g/mol. The van der Waals surface area contributed by atoms with Crippen LogP contribution in [0.3, 0.4) is 0 Å². The average molecular weight is 265 g/mol. The molecule has 0 aromatic heterocycles. The lowest BCUT2D eigenvalue weighted by Crippen LogP contribution is -2.47. The Bertz CT molecular complexity index is 442. The van der Waals surface area contributed by atoms with Crippen LogP contribution in [0.25, 0.3) is 0 Å². The fourth-order valence-corrected chi connectivity index (χ4v) is 2.71. The standard InChI is InChI=1S/C14H17ClN2O/c1-10-7-14(9-16,8-11(2)18-10)17-13-5-3-12(15)4-6-13/h3-6,10-11,17H,7-8H2,1-2H3. The van der Waals surface area contributed by atoms with Crippen molar-refractivity contribution >= 4 is 17.3 Å². The predicted octanol–water partition coefficient (Wildman–Crippen LogP) is 3.60. The van der Waals surface area contributed by atoms with E-state index in [1.54, 1.807) is 0 Å². The highest BCUT2D eigenvalue weighted by Gasteiger charge is 2.38. The van der Waals surface area contributed by atoms with E-state index in [1.165, 1.54) is 0 Å². The van der Waals surface area contributed by atoms with Crippen molar-refractivity contribution in [3.8, 4) is 6.07 Å². The molecule has 0 aliphatic carbocycles. The van der Waals surface area contributed by atoms with E-state index in [4.69, 9.17) is 16.3 Å². The van der Waals surface area contributed by atoms with E-state index in [2.05, 4.69) is 11.4 Å². The molecular weight excluding hydrogens is 248 g/mol. The topological polar surface area (TPSA) is 45.0 Å². The minimum Gasteiger partial charge on any atom is -0.375 e. The van der Waals surface area contributed by atoms with Gasteiger partial charge in [0.15, 0.2) is 0 Å². The number of benzene rings is 1. The summed E-state index contributed by atoms with van der Waals surface area (Å²) in [6.45, 7) is 4.01. The van der Waals surface area contributed by atoms with Crippen molar-refractivity contribution in [2.75, 3.05) is 5.32 Å². The summed E-state index contributed by atoms with van der Waals surface area (Å²) in [7, 11) is 0. The molecule has 1 fully saturated rings. The number of nitrogens with one attached hydrogen (secondary N) is 1. The fourth-order valence-electron chi connectivity index (χ4n) is 2.59. The van der Waals surface area contributed by atoms with E-state index in [0.717, 1.165) is 5.69 Å². The Kier molecular flexibility index (Phi) is 3.79. The Balaban J connectivity index is 2.18. The molecule has 1 aromatic carbocycles. The highest BCUT2D eigenvalue weighted by molar-refractivity contribution is 6.30. The zero-order valence-electron chi connectivity index (χ0n) is 10.6. The summed E-state index contributed by atoms with van der Waals surface area (Å²) in [5.41, 5.74) is 0.368. The van der Waals surface area contributed by atoms with E-state index in [-0.39, 0.29) is 12.2 Å². The van der Waals surface area contributed by atoms with Crippen LogP contribution in [0.2, 0.25) is 5.02 Å². The summed E-state index contributed by atoms with van der Waals surface area (Å²) in [5, 5.41) is 13.5. The van der Waals surface area contributed by atoms with Gasteiger partial charge in [0.05, 0.1) is 18.3 Å². The van der Waals surface area contributed by atoms with Gasteiger partial charge in [-0.1, -0.05) is 11.6 Å². The van der Waals surface area contributed by atoms with Crippen LogP contribution >= 0.6 is 11.6 Å². The summed E-state index contributed by atoms with van der Waals surface area (Å²) in [6, 6.07) is 9.85. The molecule has 96 valence electrons. The molecule has 0 spiro atoms. The van der Waals surface area contributed by atoms with Gasteiger partial charge in [0.1, 0.15) is 5.54 Å². The molecule has 4 heteroatoms. The summed E-state index contributed by atoms with van der Waals surface area (Å²) in [4.78, 5) is 0. The average Bonchev–Trinajstić information content (AvgIpc) is 2.31. The van der Waals surface area contributed by atoms with Crippen LogP contribution < -0.4 is 5.32 Å². The van der Waals surface area contributed by atoms with Crippen LogP contribution in [-0.2, 0) is 4.74 Å². The molecule has 2 atom stereocenters. The second-order valence-corrected chi connectivity index (χ2v) is 5.43. The zero-order chi connectivity index (χ0) is 13.2. The van der Waals surface area contributed by atoms with Crippen LogP contribution in [0.5, 0.6) is 0 Å². The van der Waals surface area contributed by atoms with Gasteiger partial charge in [-0.2, -0.15) is 5.26 Å². The van der Waals surface area contributed by atoms with E-state index < -0.39 is 5.54 Å². The summed E-state index contributed by atoms with van der Waals surface area (Å²) in [5.74, 6) is 0. The Morgan fingerprint density at radius 1 is 1.28 bits per heavy atom. The Labute approximate surface area is 113 Å². The Hall–Kier alpha value is -1.24. The molecule has 0 radical (unpaired) electrons. The quantitative estimate of drug-likeness (QED) is 0.888. The number of hydrogen-bond acceptors (Lipinski definition) is 3. The number of rotatable bonds is 2. The van der Waals surface area contributed by atoms with Crippen molar-refractivity contribution in [1.29, 1.82) is 5.26 Å². The third-order valence-corrected chi connectivity index (χ3v) is 3.43.